The number of nitrogens with one attached hydrogen (secondary N) is 1. The van der Waals surface area contributed by atoms with Crippen LogP contribution in [0.2, 0.25) is 0 Å². The molecule has 0 saturated heterocycles. The summed E-state index contributed by atoms with van der Waals surface area (Å²) in [5, 5.41) is 9.18. The molecule has 0 aromatic carbocycles. The Morgan fingerprint density at radius 2 is 1.96 bits per heavy atom. The van der Waals surface area contributed by atoms with Crippen LogP contribution in [-0.2, 0) is 17.6 Å². The van der Waals surface area contributed by atoms with Crippen LogP contribution in [0.5, 0.6) is 0 Å². The van der Waals surface area contributed by atoms with Crippen molar-refractivity contribution in [3.8, 4) is 0 Å². The maximum atomic E-state index is 12.0. The lowest BCUT2D eigenvalue weighted by atomic mass is 9.87. The van der Waals surface area contributed by atoms with E-state index in [1.165, 1.54) is 37.8 Å². The number of thiazole rings is 2. The summed E-state index contributed by atoms with van der Waals surface area (Å²) in [7, 11) is 0. The number of carbonyl (C=O) groups excluding carboxylic acids is 1. The van der Waals surface area contributed by atoms with E-state index in [1.807, 2.05) is 12.3 Å². The van der Waals surface area contributed by atoms with Crippen molar-refractivity contribution in [1.82, 2.24) is 15.3 Å². The van der Waals surface area contributed by atoms with Gasteiger partial charge in [-0.15, -0.1) is 22.7 Å². The fourth-order valence-electron chi connectivity index (χ4n) is 3.02. The number of hydrogen-bond donors (Lipinski definition) is 1. The summed E-state index contributed by atoms with van der Waals surface area (Å²) in [4.78, 5) is 21.1. The van der Waals surface area contributed by atoms with Crippen LogP contribution in [0.4, 0.5) is 0 Å². The zero-order valence-electron chi connectivity index (χ0n) is 13.5. The Labute approximate surface area is 145 Å². The Kier molecular flexibility index (Phi) is 5.78. The molecule has 2 aromatic heterocycles. The minimum absolute atomic E-state index is 0.0582. The molecule has 23 heavy (non-hydrogen) atoms. The van der Waals surface area contributed by atoms with Gasteiger partial charge in [-0.05, 0) is 19.8 Å². The first-order valence-electron chi connectivity index (χ1n) is 8.32. The van der Waals surface area contributed by atoms with E-state index in [0.717, 1.165) is 22.1 Å². The van der Waals surface area contributed by atoms with Crippen LogP contribution in [0.15, 0.2) is 10.8 Å². The van der Waals surface area contributed by atoms with Crippen molar-refractivity contribution in [2.75, 3.05) is 6.54 Å². The molecule has 0 unspecified atom stereocenters. The summed E-state index contributed by atoms with van der Waals surface area (Å²) in [6, 6.07) is 0. The number of carbonyl (C=O) groups is 1. The van der Waals surface area contributed by atoms with Gasteiger partial charge in [-0.3, -0.25) is 4.79 Å². The van der Waals surface area contributed by atoms with Gasteiger partial charge in [-0.1, -0.05) is 19.3 Å². The molecule has 0 atom stereocenters. The third-order valence-corrected chi connectivity index (χ3v) is 6.13. The van der Waals surface area contributed by atoms with E-state index in [-0.39, 0.29) is 5.91 Å². The fourth-order valence-corrected chi connectivity index (χ4v) is 4.67. The first-order valence-corrected chi connectivity index (χ1v) is 10.1. The molecule has 6 heteroatoms. The summed E-state index contributed by atoms with van der Waals surface area (Å²) < 4.78 is 0. The Morgan fingerprint density at radius 3 is 2.70 bits per heavy atom. The van der Waals surface area contributed by atoms with E-state index in [0.29, 0.717) is 18.9 Å². The maximum absolute atomic E-state index is 12.0. The van der Waals surface area contributed by atoms with Crippen LogP contribution in [0.1, 0.15) is 59.4 Å². The average molecular weight is 350 g/mol. The van der Waals surface area contributed by atoms with Gasteiger partial charge in [0.25, 0.3) is 0 Å². The SMILES string of the molecule is Cc1csc(CCNC(=O)Cc2nc(C3CCCCC3)cs2)n1. The molecule has 1 saturated carbocycles. The quantitative estimate of drug-likeness (QED) is 0.861. The second-order valence-corrected chi connectivity index (χ2v) is 8.05. The van der Waals surface area contributed by atoms with Crippen LogP contribution in [0.3, 0.4) is 0 Å². The second kappa shape index (κ2) is 8.02. The second-order valence-electron chi connectivity index (χ2n) is 6.16. The van der Waals surface area contributed by atoms with E-state index in [1.54, 1.807) is 22.7 Å². The van der Waals surface area contributed by atoms with Gasteiger partial charge in [0.1, 0.15) is 5.01 Å². The van der Waals surface area contributed by atoms with Crippen molar-refractivity contribution in [3.63, 3.8) is 0 Å². The van der Waals surface area contributed by atoms with E-state index < -0.39 is 0 Å². The van der Waals surface area contributed by atoms with Gasteiger partial charge in [0.2, 0.25) is 5.91 Å². The van der Waals surface area contributed by atoms with E-state index in [2.05, 4.69) is 15.7 Å². The number of aromatic nitrogens is 2. The zero-order valence-corrected chi connectivity index (χ0v) is 15.1. The third-order valence-electron chi connectivity index (χ3n) is 4.23. The van der Waals surface area contributed by atoms with Crippen molar-refractivity contribution in [2.24, 2.45) is 0 Å². The predicted molar refractivity (Wildman–Crippen MR) is 95.2 cm³/mol. The highest BCUT2D eigenvalue weighted by Gasteiger charge is 2.18. The van der Waals surface area contributed by atoms with Gasteiger partial charge in [0.15, 0.2) is 0 Å². The van der Waals surface area contributed by atoms with Gasteiger partial charge in [-0.25, -0.2) is 9.97 Å². The fraction of sp³-hybridized carbons (Fsp3) is 0.588. The highest BCUT2D eigenvalue weighted by Crippen LogP contribution is 2.33. The third kappa shape index (κ3) is 4.85. The Balaban J connectivity index is 1.43. The molecule has 4 nitrogen and oxygen atoms in total. The largest absolute Gasteiger partial charge is 0.355 e. The van der Waals surface area contributed by atoms with Gasteiger partial charge in [-0.2, -0.15) is 0 Å². The highest BCUT2D eigenvalue weighted by molar-refractivity contribution is 7.10. The van der Waals surface area contributed by atoms with Crippen LogP contribution in [0, 0.1) is 6.92 Å². The molecule has 0 aliphatic heterocycles. The lowest BCUT2D eigenvalue weighted by Gasteiger charge is -2.19. The summed E-state index contributed by atoms with van der Waals surface area (Å²) in [5.74, 6) is 0.674. The minimum Gasteiger partial charge on any atom is -0.355 e. The smallest absolute Gasteiger partial charge is 0.226 e. The molecular weight excluding hydrogens is 326 g/mol. The maximum Gasteiger partial charge on any atom is 0.226 e. The van der Waals surface area contributed by atoms with Gasteiger partial charge < -0.3 is 5.32 Å². The lowest BCUT2D eigenvalue weighted by molar-refractivity contribution is -0.120. The number of aryl methyl sites for hydroxylation is 1. The Hall–Kier alpha value is -1.27. The van der Waals surface area contributed by atoms with Crippen molar-refractivity contribution in [2.45, 2.75) is 57.8 Å². The lowest BCUT2D eigenvalue weighted by Crippen LogP contribution is -2.27. The molecule has 1 fully saturated rings. The van der Waals surface area contributed by atoms with Crippen LogP contribution >= 0.6 is 22.7 Å². The molecule has 1 aliphatic carbocycles. The summed E-state index contributed by atoms with van der Waals surface area (Å²) in [6.07, 6.45) is 7.69. The first-order chi connectivity index (χ1) is 11.2. The highest BCUT2D eigenvalue weighted by atomic mass is 32.1. The standard InChI is InChI=1S/C17H23N3OS2/c1-12-10-22-16(19-12)7-8-18-15(21)9-17-20-14(11-23-17)13-5-3-2-4-6-13/h10-11,13H,2-9H2,1H3,(H,18,21). The molecule has 1 N–H and O–H groups in total. The van der Waals surface area contributed by atoms with Crippen molar-refractivity contribution < 1.29 is 4.79 Å². The zero-order chi connectivity index (χ0) is 16.1. The monoisotopic (exact) mass is 349 g/mol. The molecule has 2 aromatic rings. The minimum atomic E-state index is 0.0582. The molecule has 1 aliphatic rings. The number of nitrogens with zero attached hydrogens (tertiary/aromatic N) is 2. The van der Waals surface area contributed by atoms with Gasteiger partial charge >= 0.3 is 0 Å². The van der Waals surface area contributed by atoms with Crippen LogP contribution < -0.4 is 5.32 Å². The van der Waals surface area contributed by atoms with Gasteiger partial charge in [0.05, 0.1) is 17.1 Å². The molecule has 0 bridgehead atoms. The normalized spacial score (nSPS) is 15.7. The predicted octanol–water partition coefficient (Wildman–Crippen LogP) is 3.86. The van der Waals surface area contributed by atoms with E-state index in [4.69, 9.17) is 4.98 Å². The van der Waals surface area contributed by atoms with E-state index >= 15 is 0 Å². The first kappa shape index (κ1) is 16.6. The summed E-state index contributed by atoms with van der Waals surface area (Å²) in [6.45, 7) is 2.64. The summed E-state index contributed by atoms with van der Waals surface area (Å²) in [5.41, 5.74) is 2.25. The van der Waals surface area contributed by atoms with Crippen LogP contribution in [0.25, 0.3) is 0 Å². The molecule has 3 rings (SSSR count). The molecule has 0 spiro atoms. The van der Waals surface area contributed by atoms with Crippen molar-refractivity contribution in [3.05, 3.63) is 32.2 Å². The Bertz CT molecular complexity index is 644. The van der Waals surface area contributed by atoms with Crippen molar-refractivity contribution >= 4 is 28.6 Å². The summed E-state index contributed by atoms with van der Waals surface area (Å²) >= 11 is 3.27. The molecule has 2 heterocycles. The molecule has 124 valence electrons. The Morgan fingerprint density at radius 1 is 1.17 bits per heavy atom. The number of amides is 1. The average Bonchev–Trinajstić information content (AvgIpc) is 3.17. The molecule has 0 radical (unpaired) electrons. The molecular formula is C17H23N3OS2. The van der Waals surface area contributed by atoms with E-state index in [9.17, 15) is 4.79 Å². The van der Waals surface area contributed by atoms with Gasteiger partial charge in [0, 0.05) is 35.3 Å². The molecule has 1 amide bonds. The topological polar surface area (TPSA) is 54.9 Å². The number of rotatable bonds is 6. The van der Waals surface area contributed by atoms with Crippen LogP contribution in [-0.4, -0.2) is 22.4 Å². The number of hydrogen-bond acceptors (Lipinski definition) is 5. The van der Waals surface area contributed by atoms with Crippen molar-refractivity contribution in [1.29, 1.82) is 0 Å².